The van der Waals surface area contributed by atoms with Gasteiger partial charge in [0.15, 0.2) is 6.10 Å². The van der Waals surface area contributed by atoms with Gasteiger partial charge in [-0.25, -0.2) is 0 Å². The normalized spacial score (nSPS) is 20.3. The van der Waals surface area contributed by atoms with E-state index in [1.165, 1.54) is 11.3 Å². The maximum Gasteiger partial charge on any atom is 0.156 e. The van der Waals surface area contributed by atoms with E-state index in [2.05, 4.69) is 30.0 Å². The minimum Gasteiger partial charge on any atom is -0.497 e. The third-order valence-corrected chi connectivity index (χ3v) is 7.22. The first kappa shape index (κ1) is 25.9. The zero-order valence-electron chi connectivity index (χ0n) is 22.6. The highest BCUT2D eigenvalue weighted by Crippen LogP contribution is 2.38. The molecule has 1 aromatic heterocycles. The first-order valence-electron chi connectivity index (χ1n) is 13.0. The molecule has 3 heterocycles. The lowest BCUT2D eigenvalue weighted by Crippen LogP contribution is -2.38. The van der Waals surface area contributed by atoms with E-state index >= 15 is 0 Å². The van der Waals surface area contributed by atoms with Gasteiger partial charge in [-0.15, -0.1) is 0 Å². The van der Waals surface area contributed by atoms with Crippen LogP contribution in [0.1, 0.15) is 47.5 Å². The Balaban J connectivity index is 1.41. The SMILES string of the molecule is COc1cccc([C@H]2Oc3ccc(OC)cc3C(=NOC(C)CN3CCCc4nc(C)c(C)cc43)[C@@H]2O)c1. The van der Waals surface area contributed by atoms with Gasteiger partial charge in [0, 0.05) is 17.8 Å². The summed E-state index contributed by atoms with van der Waals surface area (Å²) in [5, 5.41) is 16.0. The van der Waals surface area contributed by atoms with Gasteiger partial charge < -0.3 is 29.1 Å². The van der Waals surface area contributed by atoms with Crippen LogP contribution in [0.3, 0.4) is 0 Å². The number of pyridine rings is 1. The molecule has 2 aliphatic heterocycles. The Labute approximate surface area is 223 Å². The number of hydrogen-bond acceptors (Lipinski definition) is 8. The number of aliphatic hydroxyl groups excluding tert-OH is 1. The first-order valence-corrected chi connectivity index (χ1v) is 13.0. The molecule has 0 saturated heterocycles. The lowest BCUT2D eigenvalue weighted by molar-refractivity contribution is 0.0512. The first-order chi connectivity index (χ1) is 18.4. The Bertz CT molecular complexity index is 1340. The zero-order chi connectivity index (χ0) is 26.8. The fraction of sp³-hybridized carbons (Fsp3) is 0.400. The number of hydrogen-bond donors (Lipinski definition) is 1. The van der Waals surface area contributed by atoms with Crippen LogP contribution in [0.25, 0.3) is 0 Å². The van der Waals surface area contributed by atoms with Gasteiger partial charge in [0.2, 0.25) is 0 Å². The van der Waals surface area contributed by atoms with Crippen molar-refractivity contribution in [3.05, 3.63) is 76.6 Å². The van der Waals surface area contributed by atoms with Crippen LogP contribution < -0.4 is 19.1 Å². The molecule has 0 fully saturated rings. The summed E-state index contributed by atoms with van der Waals surface area (Å²) >= 11 is 0. The number of aryl methyl sites for hydroxylation is 3. The van der Waals surface area contributed by atoms with E-state index in [9.17, 15) is 5.11 Å². The van der Waals surface area contributed by atoms with Crippen LogP contribution in [0.4, 0.5) is 5.69 Å². The van der Waals surface area contributed by atoms with E-state index in [1.54, 1.807) is 14.2 Å². The molecule has 200 valence electrons. The molecule has 0 bridgehead atoms. The van der Waals surface area contributed by atoms with Crippen LogP contribution in [-0.4, -0.2) is 55.3 Å². The van der Waals surface area contributed by atoms with Crippen molar-refractivity contribution in [2.75, 3.05) is 32.2 Å². The summed E-state index contributed by atoms with van der Waals surface area (Å²) in [5.74, 6) is 1.92. The van der Waals surface area contributed by atoms with Crippen LogP contribution in [-0.2, 0) is 11.3 Å². The summed E-state index contributed by atoms with van der Waals surface area (Å²) < 4.78 is 17.0. The van der Waals surface area contributed by atoms with Gasteiger partial charge in [0.05, 0.1) is 32.1 Å². The lowest BCUT2D eigenvalue weighted by Gasteiger charge is -2.33. The zero-order valence-corrected chi connectivity index (χ0v) is 22.6. The van der Waals surface area contributed by atoms with E-state index < -0.39 is 12.2 Å². The summed E-state index contributed by atoms with van der Waals surface area (Å²) in [6.45, 7) is 7.74. The number of aromatic nitrogens is 1. The fourth-order valence-corrected chi connectivity index (χ4v) is 5.05. The molecular formula is C30H35N3O5. The molecule has 3 aromatic rings. The number of nitrogens with zero attached hydrogens (tertiary/aromatic N) is 3. The average molecular weight is 518 g/mol. The third kappa shape index (κ3) is 5.13. The predicted octanol–water partition coefficient (Wildman–Crippen LogP) is 4.77. The summed E-state index contributed by atoms with van der Waals surface area (Å²) in [4.78, 5) is 13.2. The number of benzene rings is 2. The molecule has 8 nitrogen and oxygen atoms in total. The van der Waals surface area contributed by atoms with Gasteiger partial charge in [-0.1, -0.05) is 17.3 Å². The van der Waals surface area contributed by atoms with Crippen molar-refractivity contribution < 1.29 is 24.2 Å². The molecule has 2 aliphatic rings. The fourth-order valence-electron chi connectivity index (χ4n) is 5.05. The molecule has 0 radical (unpaired) electrons. The molecule has 5 rings (SSSR count). The number of fused-ring (bicyclic) bond motifs is 2. The van der Waals surface area contributed by atoms with Crippen LogP contribution in [0.15, 0.2) is 53.7 Å². The molecule has 2 aromatic carbocycles. The summed E-state index contributed by atoms with van der Waals surface area (Å²) in [6.07, 6.45) is 0.0830. The Morgan fingerprint density at radius 1 is 1.11 bits per heavy atom. The van der Waals surface area contributed by atoms with E-state index in [-0.39, 0.29) is 6.10 Å². The van der Waals surface area contributed by atoms with E-state index in [1.807, 2.05) is 49.4 Å². The molecule has 0 aliphatic carbocycles. The number of rotatable bonds is 7. The highest BCUT2D eigenvalue weighted by atomic mass is 16.6. The molecule has 1 unspecified atom stereocenters. The maximum atomic E-state index is 11.4. The Morgan fingerprint density at radius 2 is 1.89 bits per heavy atom. The molecule has 3 atom stereocenters. The van der Waals surface area contributed by atoms with Gasteiger partial charge in [0.1, 0.15) is 35.2 Å². The molecule has 1 N–H and O–H groups in total. The average Bonchev–Trinajstić information content (AvgIpc) is 2.93. The highest BCUT2D eigenvalue weighted by molar-refractivity contribution is 6.07. The summed E-state index contributed by atoms with van der Waals surface area (Å²) in [5.41, 5.74) is 6.39. The quantitative estimate of drug-likeness (QED) is 0.452. The van der Waals surface area contributed by atoms with Crippen molar-refractivity contribution >= 4 is 11.4 Å². The van der Waals surface area contributed by atoms with Gasteiger partial charge in [-0.3, -0.25) is 4.98 Å². The second-order valence-electron chi connectivity index (χ2n) is 9.92. The summed E-state index contributed by atoms with van der Waals surface area (Å²) in [7, 11) is 3.21. The number of aliphatic hydroxyl groups is 1. The van der Waals surface area contributed by atoms with E-state index in [4.69, 9.17) is 24.0 Å². The standard InChI is InChI=1S/C30H35N3O5/c1-18-14-26-25(31-20(18)3)10-7-13-33(26)17-19(2)38-32-28-24-16-23(36-5)11-12-27(24)37-30(29(28)34)21-8-6-9-22(15-21)35-4/h6,8-9,11-12,14-16,19,29-30,34H,7,10,13,17H2,1-5H3/t19?,29-,30+/m0/s1. The van der Waals surface area contributed by atoms with Crippen molar-refractivity contribution in [2.45, 2.75) is 51.9 Å². The van der Waals surface area contributed by atoms with Crippen LogP contribution in [0.5, 0.6) is 17.2 Å². The largest absolute Gasteiger partial charge is 0.497 e. The van der Waals surface area contributed by atoms with Crippen molar-refractivity contribution in [1.82, 2.24) is 4.98 Å². The second kappa shape index (κ2) is 10.9. The maximum absolute atomic E-state index is 11.4. The minimum atomic E-state index is -1.06. The number of ether oxygens (including phenoxy) is 3. The van der Waals surface area contributed by atoms with Crippen LogP contribution in [0, 0.1) is 13.8 Å². The Kier molecular flexibility index (Phi) is 7.42. The number of anilines is 1. The summed E-state index contributed by atoms with van der Waals surface area (Å²) in [6, 6.07) is 15.2. The smallest absolute Gasteiger partial charge is 0.156 e. The lowest BCUT2D eigenvalue weighted by atomic mass is 9.92. The Hall–Kier alpha value is -3.78. The molecule has 38 heavy (non-hydrogen) atoms. The van der Waals surface area contributed by atoms with Crippen molar-refractivity contribution in [2.24, 2.45) is 5.16 Å². The molecule has 0 spiro atoms. The Morgan fingerprint density at radius 3 is 2.68 bits per heavy atom. The van der Waals surface area contributed by atoms with Gasteiger partial charge in [-0.2, -0.15) is 0 Å². The van der Waals surface area contributed by atoms with Gasteiger partial charge >= 0.3 is 0 Å². The van der Waals surface area contributed by atoms with Gasteiger partial charge in [-0.05, 0) is 81.1 Å². The number of methoxy groups -OCH3 is 2. The van der Waals surface area contributed by atoms with E-state index in [0.29, 0.717) is 35.1 Å². The van der Waals surface area contributed by atoms with Crippen molar-refractivity contribution in [3.8, 4) is 17.2 Å². The third-order valence-electron chi connectivity index (χ3n) is 7.22. The predicted molar refractivity (Wildman–Crippen MR) is 147 cm³/mol. The molecule has 0 amide bonds. The minimum absolute atomic E-state index is 0.227. The highest BCUT2D eigenvalue weighted by Gasteiger charge is 2.37. The monoisotopic (exact) mass is 517 g/mol. The topological polar surface area (TPSA) is 85.6 Å². The molecule has 8 heteroatoms. The molecule has 0 saturated carbocycles. The van der Waals surface area contributed by atoms with Crippen LogP contribution >= 0.6 is 0 Å². The van der Waals surface area contributed by atoms with Crippen LogP contribution in [0.2, 0.25) is 0 Å². The van der Waals surface area contributed by atoms with Crippen molar-refractivity contribution in [3.63, 3.8) is 0 Å². The van der Waals surface area contributed by atoms with E-state index in [0.717, 1.165) is 36.3 Å². The molecular weight excluding hydrogens is 482 g/mol. The second-order valence-corrected chi connectivity index (χ2v) is 9.92. The van der Waals surface area contributed by atoms with Gasteiger partial charge in [0.25, 0.3) is 0 Å². The number of oxime groups is 1. The van der Waals surface area contributed by atoms with Crippen molar-refractivity contribution in [1.29, 1.82) is 0 Å².